The summed E-state index contributed by atoms with van der Waals surface area (Å²) < 4.78 is 14.7. The molecule has 0 N–H and O–H groups in total. The van der Waals surface area contributed by atoms with E-state index in [1.165, 1.54) is 33.3 Å². The zero-order chi connectivity index (χ0) is 15.5. The van der Waals surface area contributed by atoms with Gasteiger partial charge in [-0.15, -0.1) is 0 Å². The average Bonchev–Trinajstić information content (AvgIpc) is 3.12. The maximum absolute atomic E-state index is 12.0. The van der Waals surface area contributed by atoms with Gasteiger partial charge in [0, 0.05) is 0 Å². The number of rotatable bonds is 7. The fourth-order valence-corrected chi connectivity index (χ4v) is 3.32. The molecule has 6 heteroatoms. The minimum Gasteiger partial charge on any atom is -0.467 e. The molecular weight excluding hydrogens is 276 g/mol. The Morgan fingerprint density at radius 3 is 2.57 bits per heavy atom. The van der Waals surface area contributed by atoms with Crippen molar-refractivity contribution >= 4 is 18.2 Å². The van der Waals surface area contributed by atoms with Crippen molar-refractivity contribution in [3.05, 3.63) is 0 Å². The smallest absolute Gasteiger partial charge is 0.345 e. The van der Waals surface area contributed by atoms with Crippen molar-refractivity contribution in [1.82, 2.24) is 0 Å². The number of aldehydes is 1. The van der Waals surface area contributed by atoms with Crippen LogP contribution in [0.1, 0.15) is 32.6 Å². The van der Waals surface area contributed by atoms with Gasteiger partial charge in [-0.05, 0) is 43.9 Å². The van der Waals surface area contributed by atoms with Gasteiger partial charge in [-0.25, -0.2) is 9.59 Å². The molecule has 0 aromatic rings. The summed E-state index contributed by atoms with van der Waals surface area (Å²) in [5, 5.41) is 0. The fourth-order valence-electron chi connectivity index (χ4n) is 3.32. The minimum absolute atomic E-state index is 0.324. The van der Waals surface area contributed by atoms with Crippen LogP contribution in [0.4, 0.5) is 0 Å². The lowest BCUT2D eigenvalue weighted by Crippen LogP contribution is -2.43. The first kappa shape index (κ1) is 15.9. The SMILES string of the molecule is COC(=O)COC(C)(C=O)C(=O)OCC1CC2CCC1C2. The molecule has 2 fully saturated rings. The van der Waals surface area contributed by atoms with Crippen molar-refractivity contribution in [3.63, 3.8) is 0 Å². The molecule has 2 aliphatic rings. The van der Waals surface area contributed by atoms with Gasteiger partial charge in [0.1, 0.15) is 6.61 Å². The molecule has 2 rings (SSSR count). The third-order valence-electron chi connectivity index (χ3n) is 4.66. The Hall–Kier alpha value is -1.43. The van der Waals surface area contributed by atoms with Crippen LogP contribution in [0.2, 0.25) is 0 Å². The predicted octanol–water partition coefficient (Wildman–Crippen LogP) is 1.11. The Kier molecular flexibility index (Phi) is 4.98. The van der Waals surface area contributed by atoms with Gasteiger partial charge >= 0.3 is 11.9 Å². The number of fused-ring (bicyclic) bond motifs is 2. The first-order valence-electron chi connectivity index (χ1n) is 7.33. The molecule has 0 radical (unpaired) electrons. The first-order valence-corrected chi connectivity index (χ1v) is 7.33. The van der Waals surface area contributed by atoms with Crippen LogP contribution in [0.25, 0.3) is 0 Å². The molecular formula is C15H22O6. The first-order chi connectivity index (χ1) is 9.98. The zero-order valence-electron chi connectivity index (χ0n) is 12.5. The molecule has 0 aromatic carbocycles. The Morgan fingerprint density at radius 1 is 1.29 bits per heavy atom. The second-order valence-corrected chi connectivity index (χ2v) is 6.12. The lowest BCUT2D eigenvalue weighted by molar-refractivity contribution is -0.176. The van der Waals surface area contributed by atoms with Crippen molar-refractivity contribution in [2.75, 3.05) is 20.3 Å². The largest absolute Gasteiger partial charge is 0.467 e. The molecule has 2 aliphatic carbocycles. The van der Waals surface area contributed by atoms with Crippen molar-refractivity contribution in [1.29, 1.82) is 0 Å². The molecule has 0 aromatic heterocycles. The van der Waals surface area contributed by atoms with Crippen LogP contribution in [0.15, 0.2) is 0 Å². The summed E-state index contributed by atoms with van der Waals surface area (Å²) in [6.07, 6.45) is 5.17. The molecule has 4 atom stereocenters. The predicted molar refractivity (Wildman–Crippen MR) is 72.3 cm³/mol. The monoisotopic (exact) mass is 298 g/mol. The average molecular weight is 298 g/mol. The molecule has 0 aliphatic heterocycles. The minimum atomic E-state index is -1.76. The number of hydrogen-bond donors (Lipinski definition) is 0. The molecule has 0 saturated heterocycles. The van der Waals surface area contributed by atoms with Gasteiger partial charge < -0.3 is 14.2 Å². The number of ether oxygens (including phenoxy) is 3. The van der Waals surface area contributed by atoms with Crippen molar-refractivity contribution < 1.29 is 28.6 Å². The number of carbonyl (C=O) groups is 3. The molecule has 0 spiro atoms. The Balaban J connectivity index is 1.81. The highest BCUT2D eigenvalue weighted by atomic mass is 16.6. The van der Waals surface area contributed by atoms with Crippen molar-refractivity contribution in [2.45, 2.75) is 38.2 Å². The number of esters is 2. The fraction of sp³-hybridized carbons (Fsp3) is 0.800. The summed E-state index contributed by atoms with van der Waals surface area (Å²) in [6, 6.07) is 0. The molecule has 4 unspecified atom stereocenters. The second-order valence-electron chi connectivity index (χ2n) is 6.12. The summed E-state index contributed by atoms with van der Waals surface area (Å²) in [6.45, 7) is 1.16. The second kappa shape index (κ2) is 6.56. The molecule has 6 nitrogen and oxygen atoms in total. The van der Waals surface area contributed by atoms with Crippen LogP contribution in [0, 0.1) is 17.8 Å². The van der Waals surface area contributed by atoms with E-state index in [0.717, 1.165) is 12.3 Å². The van der Waals surface area contributed by atoms with Crippen molar-refractivity contribution in [3.8, 4) is 0 Å². The summed E-state index contributed by atoms with van der Waals surface area (Å²) in [5.74, 6) is 0.408. The van der Waals surface area contributed by atoms with E-state index in [-0.39, 0.29) is 0 Å². The molecule has 0 heterocycles. The lowest BCUT2D eigenvalue weighted by atomic mass is 9.89. The van der Waals surface area contributed by atoms with E-state index in [2.05, 4.69) is 4.74 Å². The van der Waals surface area contributed by atoms with E-state index in [9.17, 15) is 14.4 Å². The summed E-state index contributed by atoms with van der Waals surface area (Å²) in [7, 11) is 1.21. The van der Waals surface area contributed by atoms with Crippen molar-refractivity contribution in [2.24, 2.45) is 17.8 Å². The number of carbonyl (C=O) groups excluding carboxylic acids is 3. The van der Waals surface area contributed by atoms with Gasteiger partial charge in [0.2, 0.25) is 5.60 Å². The normalized spacial score (nSPS) is 29.7. The maximum atomic E-state index is 12.0. The highest BCUT2D eigenvalue weighted by molar-refractivity contribution is 5.96. The molecule has 21 heavy (non-hydrogen) atoms. The quantitative estimate of drug-likeness (QED) is 0.398. The number of hydrogen-bond acceptors (Lipinski definition) is 6. The molecule has 0 amide bonds. The van der Waals surface area contributed by atoms with E-state index >= 15 is 0 Å². The maximum Gasteiger partial charge on any atom is 0.345 e. The molecule has 2 bridgehead atoms. The zero-order valence-corrected chi connectivity index (χ0v) is 12.5. The third kappa shape index (κ3) is 3.61. The van der Waals surface area contributed by atoms with Crippen LogP contribution in [-0.4, -0.2) is 44.1 Å². The van der Waals surface area contributed by atoms with E-state index in [0.29, 0.717) is 24.7 Å². The highest BCUT2D eigenvalue weighted by Gasteiger charge is 2.42. The number of methoxy groups -OCH3 is 1. The van der Waals surface area contributed by atoms with E-state index in [1.807, 2.05) is 0 Å². The van der Waals surface area contributed by atoms with Crippen LogP contribution in [-0.2, 0) is 28.6 Å². The highest BCUT2D eigenvalue weighted by Crippen LogP contribution is 2.48. The molecule has 2 saturated carbocycles. The summed E-state index contributed by atoms with van der Waals surface area (Å²) >= 11 is 0. The van der Waals surface area contributed by atoms with Crippen LogP contribution >= 0.6 is 0 Å². The third-order valence-corrected chi connectivity index (χ3v) is 4.66. The van der Waals surface area contributed by atoms with Crippen LogP contribution in [0.3, 0.4) is 0 Å². The van der Waals surface area contributed by atoms with Gasteiger partial charge in [-0.3, -0.25) is 4.79 Å². The van der Waals surface area contributed by atoms with Gasteiger partial charge in [0.15, 0.2) is 6.29 Å². The van der Waals surface area contributed by atoms with Crippen LogP contribution < -0.4 is 0 Å². The Bertz CT molecular complexity index is 420. The Labute approximate surface area is 124 Å². The van der Waals surface area contributed by atoms with Gasteiger partial charge in [0.05, 0.1) is 13.7 Å². The topological polar surface area (TPSA) is 78.9 Å². The van der Waals surface area contributed by atoms with E-state index < -0.39 is 24.1 Å². The van der Waals surface area contributed by atoms with Gasteiger partial charge in [0.25, 0.3) is 0 Å². The standard InChI is InChI=1S/C15H22O6/c1-15(9-16,21-8-13(17)19-2)14(18)20-7-12-6-10-3-4-11(12)5-10/h9-12H,3-8H2,1-2H3. The van der Waals surface area contributed by atoms with Gasteiger partial charge in [-0.2, -0.15) is 0 Å². The molecule has 118 valence electrons. The lowest BCUT2D eigenvalue weighted by Gasteiger charge is -2.25. The van der Waals surface area contributed by atoms with E-state index in [4.69, 9.17) is 9.47 Å². The van der Waals surface area contributed by atoms with Crippen LogP contribution in [0.5, 0.6) is 0 Å². The van der Waals surface area contributed by atoms with E-state index in [1.54, 1.807) is 0 Å². The van der Waals surface area contributed by atoms with Gasteiger partial charge in [-0.1, -0.05) is 6.42 Å². The Morgan fingerprint density at radius 2 is 2.05 bits per heavy atom. The summed E-state index contributed by atoms with van der Waals surface area (Å²) in [4.78, 5) is 34.2. The summed E-state index contributed by atoms with van der Waals surface area (Å²) in [5.41, 5.74) is -1.76.